The van der Waals surface area contributed by atoms with Crippen LogP contribution in [0.2, 0.25) is 0 Å². The third kappa shape index (κ3) is 4.45. The molecule has 0 saturated carbocycles. The van der Waals surface area contributed by atoms with E-state index in [0.29, 0.717) is 5.69 Å². The van der Waals surface area contributed by atoms with E-state index in [1.807, 2.05) is 6.07 Å². The molecule has 1 fully saturated rings. The van der Waals surface area contributed by atoms with Gasteiger partial charge in [0.2, 0.25) is 11.5 Å². The van der Waals surface area contributed by atoms with E-state index >= 15 is 0 Å². The number of ether oxygens (including phenoxy) is 3. The number of hydrogen-bond donors (Lipinski definition) is 4. The molecular weight excluding hydrogens is 358 g/mol. The number of rotatable bonds is 6. The van der Waals surface area contributed by atoms with Crippen LogP contribution in [0.15, 0.2) is 0 Å². The maximum Gasteiger partial charge on any atom is 0.303 e. The Kier molecular flexibility index (Phi) is 5.86. The van der Waals surface area contributed by atoms with Crippen molar-refractivity contribution < 1.29 is 23.8 Å². The Labute approximate surface area is 155 Å². The van der Waals surface area contributed by atoms with Crippen LogP contribution in [-0.4, -0.2) is 53.5 Å². The highest BCUT2D eigenvalue weighted by atomic mass is 16.6. The Morgan fingerprint density at radius 1 is 1.37 bits per heavy atom. The topological polar surface area (TPSA) is 187 Å². The van der Waals surface area contributed by atoms with Gasteiger partial charge < -0.3 is 36.3 Å². The number of carbonyl (C=O) groups excluding carboxylic acids is 2. The summed E-state index contributed by atoms with van der Waals surface area (Å²) in [6.45, 7) is 2.00. The summed E-state index contributed by atoms with van der Waals surface area (Å²) < 4.78 is 15.9. The van der Waals surface area contributed by atoms with Crippen molar-refractivity contribution in [1.29, 1.82) is 5.26 Å². The van der Waals surface area contributed by atoms with Crippen molar-refractivity contribution in [3.63, 3.8) is 0 Å². The molecule has 12 nitrogen and oxygen atoms in total. The molecule has 1 saturated heterocycles. The number of nitriles is 1. The van der Waals surface area contributed by atoms with Crippen LogP contribution in [-0.2, 0) is 23.8 Å². The minimum absolute atomic E-state index is 0.0602. The fourth-order valence-electron chi connectivity index (χ4n) is 2.66. The lowest BCUT2D eigenvalue weighted by atomic mass is 9.99. The highest BCUT2D eigenvalue weighted by Gasteiger charge is 2.53. The molecule has 0 aromatic carbocycles. The Hall–Kier alpha value is -3.33. The first-order valence-electron chi connectivity index (χ1n) is 7.97. The van der Waals surface area contributed by atoms with Gasteiger partial charge in [0.25, 0.3) is 0 Å². The van der Waals surface area contributed by atoms with Gasteiger partial charge in [-0.3, -0.25) is 9.59 Å². The van der Waals surface area contributed by atoms with Crippen molar-refractivity contribution in [1.82, 2.24) is 9.97 Å². The molecule has 0 aliphatic carbocycles. The number of nitrogens with one attached hydrogen (secondary N) is 2. The van der Waals surface area contributed by atoms with E-state index in [4.69, 9.17) is 25.7 Å². The molecule has 146 valence electrons. The number of hydrogen-bond acceptors (Lipinski definition) is 12. The summed E-state index contributed by atoms with van der Waals surface area (Å²) in [5.41, 5.74) is 10.1. The van der Waals surface area contributed by atoms with E-state index in [-0.39, 0.29) is 24.0 Å². The number of nitrogens with zero attached hydrogens (tertiary/aromatic N) is 3. The molecule has 1 aromatic heterocycles. The van der Waals surface area contributed by atoms with Gasteiger partial charge in [-0.25, -0.2) is 0 Å². The zero-order valence-corrected chi connectivity index (χ0v) is 15.1. The van der Waals surface area contributed by atoms with Crippen molar-refractivity contribution in [3.05, 3.63) is 0 Å². The quantitative estimate of drug-likeness (QED) is 0.469. The van der Waals surface area contributed by atoms with Gasteiger partial charge in [-0.1, -0.05) is 0 Å². The second-order valence-corrected chi connectivity index (χ2v) is 5.81. The summed E-state index contributed by atoms with van der Waals surface area (Å²) in [5.74, 6) is -0.892. The number of esters is 2. The Bertz CT molecular complexity index is 781. The van der Waals surface area contributed by atoms with Crippen LogP contribution in [0.25, 0.3) is 0 Å². The second-order valence-electron chi connectivity index (χ2n) is 5.81. The Morgan fingerprint density at radius 2 is 2.07 bits per heavy atom. The predicted octanol–water partition coefficient (Wildman–Crippen LogP) is -0.402. The minimum atomic E-state index is -1.67. The molecule has 1 aliphatic rings. The van der Waals surface area contributed by atoms with Crippen molar-refractivity contribution in [3.8, 4) is 6.07 Å². The van der Waals surface area contributed by atoms with E-state index < -0.39 is 36.5 Å². The van der Waals surface area contributed by atoms with Gasteiger partial charge in [0, 0.05) is 27.3 Å². The van der Waals surface area contributed by atoms with Crippen molar-refractivity contribution in [2.75, 3.05) is 35.8 Å². The smallest absolute Gasteiger partial charge is 0.303 e. The van der Waals surface area contributed by atoms with Crippen molar-refractivity contribution in [2.45, 2.75) is 38.2 Å². The third-order valence-electron chi connectivity index (χ3n) is 3.79. The van der Waals surface area contributed by atoms with Crippen molar-refractivity contribution in [2.24, 2.45) is 0 Å². The summed E-state index contributed by atoms with van der Waals surface area (Å²) in [4.78, 5) is 30.5. The maximum absolute atomic E-state index is 11.4. The Balaban J connectivity index is 2.28. The molecular formula is C15H21N7O5. The summed E-state index contributed by atoms with van der Waals surface area (Å²) >= 11 is 0. The van der Waals surface area contributed by atoms with Crippen LogP contribution in [0, 0.1) is 11.3 Å². The molecule has 27 heavy (non-hydrogen) atoms. The van der Waals surface area contributed by atoms with Gasteiger partial charge >= 0.3 is 11.9 Å². The summed E-state index contributed by atoms with van der Waals surface area (Å²) in [7, 11) is 1.62. The zero-order chi connectivity index (χ0) is 20.2. The molecule has 0 radical (unpaired) electrons. The van der Waals surface area contributed by atoms with Gasteiger partial charge in [-0.05, 0) is 0 Å². The molecule has 12 heteroatoms. The van der Waals surface area contributed by atoms with Crippen LogP contribution in [0.5, 0.6) is 0 Å². The number of aromatic nitrogens is 2. The molecule has 2 heterocycles. The highest BCUT2D eigenvalue weighted by Crippen LogP contribution is 2.35. The first-order valence-corrected chi connectivity index (χ1v) is 7.97. The Morgan fingerprint density at radius 3 is 2.63 bits per heavy atom. The first kappa shape index (κ1) is 20.0. The van der Waals surface area contributed by atoms with Crippen LogP contribution >= 0.6 is 0 Å². The second kappa shape index (κ2) is 7.92. The van der Waals surface area contributed by atoms with Gasteiger partial charge in [-0.15, -0.1) is 0 Å². The number of nitrogens with two attached hydrogens (primary N) is 2. The average molecular weight is 379 g/mol. The van der Waals surface area contributed by atoms with E-state index in [9.17, 15) is 14.9 Å². The van der Waals surface area contributed by atoms with Gasteiger partial charge in [-0.2, -0.15) is 15.2 Å². The number of carbonyl (C=O) groups is 2. The lowest BCUT2D eigenvalue weighted by Crippen LogP contribution is -2.45. The summed E-state index contributed by atoms with van der Waals surface area (Å²) in [5, 5.41) is 15.4. The lowest BCUT2D eigenvalue weighted by Gasteiger charge is -2.26. The van der Waals surface area contributed by atoms with Crippen LogP contribution < -0.4 is 22.1 Å². The SMILES string of the molecule is CNc1c(N)nc(N)nc1N[C@H]1CC(OC(C)=O)[C@@](C#N)(COC(C)=O)O1. The van der Waals surface area contributed by atoms with E-state index in [0.717, 1.165) is 0 Å². The minimum Gasteiger partial charge on any atom is -0.461 e. The van der Waals surface area contributed by atoms with Crippen LogP contribution in [0.3, 0.4) is 0 Å². The van der Waals surface area contributed by atoms with Crippen LogP contribution in [0.4, 0.5) is 23.3 Å². The lowest BCUT2D eigenvalue weighted by molar-refractivity contribution is -0.162. The molecule has 1 aliphatic heterocycles. The highest BCUT2D eigenvalue weighted by molar-refractivity contribution is 5.76. The molecule has 0 spiro atoms. The van der Waals surface area contributed by atoms with Crippen LogP contribution in [0.1, 0.15) is 20.3 Å². The third-order valence-corrected chi connectivity index (χ3v) is 3.79. The normalized spacial score (nSPS) is 23.9. The largest absolute Gasteiger partial charge is 0.461 e. The molecule has 1 unspecified atom stereocenters. The maximum atomic E-state index is 11.4. The predicted molar refractivity (Wildman–Crippen MR) is 94.0 cm³/mol. The summed E-state index contributed by atoms with van der Waals surface area (Å²) in [6.07, 6.45) is -1.67. The number of anilines is 4. The van der Waals surface area contributed by atoms with Crippen molar-refractivity contribution >= 4 is 35.2 Å². The molecule has 3 atom stereocenters. The molecule has 2 rings (SSSR count). The molecule has 1 aromatic rings. The van der Waals surface area contributed by atoms with E-state index in [1.54, 1.807) is 7.05 Å². The molecule has 0 bridgehead atoms. The van der Waals surface area contributed by atoms with Gasteiger partial charge in [0.15, 0.2) is 17.7 Å². The number of nitrogen functional groups attached to an aromatic ring is 2. The molecule has 6 N–H and O–H groups in total. The zero-order valence-electron chi connectivity index (χ0n) is 15.1. The van der Waals surface area contributed by atoms with E-state index in [1.165, 1.54) is 13.8 Å². The monoisotopic (exact) mass is 379 g/mol. The average Bonchev–Trinajstić information content (AvgIpc) is 2.89. The summed E-state index contributed by atoms with van der Waals surface area (Å²) in [6, 6.07) is 1.94. The van der Waals surface area contributed by atoms with Gasteiger partial charge in [0.1, 0.15) is 24.6 Å². The standard InChI is InChI=1S/C15H21N7O5/c1-7(23)25-6-15(5-16)9(26-8(2)24)4-10(27-15)20-13-11(19-3)12(17)21-14(18)22-13/h9-10,19H,4,6H2,1-3H3,(H5,17,18,20,21,22)/t9?,10-,15-/m1/s1. The fraction of sp³-hybridized carbons (Fsp3) is 0.533. The van der Waals surface area contributed by atoms with Gasteiger partial charge in [0.05, 0.1) is 0 Å². The fourth-order valence-corrected chi connectivity index (χ4v) is 2.66. The molecule has 0 amide bonds. The first-order chi connectivity index (χ1) is 12.7. The van der Waals surface area contributed by atoms with E-state index in [2.05, 4.69) is 20.6 Å².